The lowest BCUT2D eigenvalue weighted by Crippen LogP contribution is -2.44. The van der Waals surface area contributed by atoms with Gasteiger partial charge in [-0.15, -0.1) is 0 Å². The largest absolute Gasteiger partial charge is 0.457 e. The number of carbonyl (C=O) groups excluding carboxylic acids is 1. The van der Waals surface area contributed by atoms with E-state index < -0.39 is 37.5 Å². The Labute approximate surface area is 120 Å². The summed E-state index contributed by atoms with van der Waals surface area (Å²) in [4.78, 5) is 11.5. The van der Waals surface area contributed by atoms with Gasteiger partial charge in [-0.05, 0) is 6.42 Å². The predicted molar refractivity (Wildman–Crippen MR) is 74.1 cm³/mol. The van der Waals surface area contributed by atoms with Crippen molar-refractivity contribution >= 4 is 5.97 Å². The summed E-state index contributed by atoms with van der Waals surface area (Å²) in [5.74, 6) is -0.510. The lowest BCUT2D eigenvalue weighted by molar-refractivity contribution is -0.165. The van der Waals surface area contributed by atoms with Crippen molar-refractivity contribution in [2.45, 2.75) is 70.2 Å². The Balaban J connectivity index is 3.86. The molecule has 4 N–H and O–H groups in total. The van der Waals surface area contributed by atoms with Crippen LogP contribution in [0.3, 0.4) is 0 Å². The highest BCUT2D eigenvalue weighted by Gasteiger charge is 2.28. The molecule has 0 aliphatic heterocycles. The summed E-state index contributed by atoms with van der Waals surface area (Å²) in [5, 5.41) is 36.5. The third-order valence-corrected chi connectivity index (χ3v) is 3.16. The number of esters is 1. The number of aliphatic hydroxyl groups is 4. The molecule has 0 amide bonds. The fourth-order valence-electron chi connectivity index (χ4n) is 1.85. The van der Waals surface area contributed by atoms with Crippen molar-refractivity contribution in [2.24, 2.45) is 0 Å². The number of hydrogen-bond donors (Lipinski definition) is 4. The minimum absolute atomic E-state index is 0.227. The van der Waals surface area contributed by atoms with Crippen LogP contribution in [0, 0.1) is 0 Å². The highest BCUT2D eigenvalue weighted by Crippen LogP contribution is 2.10. The van der Waals surface area contributed by atoms with Crippen molar-refractivity contribution in [1.29, 1.82) is 0 Å². The van der Waals surface area contributed by atoms with Crippen LogP contribution in [0.1, 0.15) is 51.9 Å². The standard InChI is InChI=1S/C14H28O6/c1-2-3-4-5-6-7-8-13(18)20-12(10-16)14(19)11(17)9-15/h11-12,14-17,19H,2-10H2,1H3/t11-,12+,14+/m0/s1. The van der Waals surface area contributed by atoms with Gasteiger partial charge in [-0.25, -0.2) is 0 Å². The van der Waals surface area contributed by atoms with Gasteiger partial charge in [-0.2, -0.15) is 0 Å². The van der Waals surface area contributed by atoms with Gasteiger partial charge in [0.25, 0.3) is 0 Å². The van der Waals surface area contributed by atoms with E-state index in [0.29, 0.717) is 6.42 Å². The van der Waals surface area contributed by atoms with Crippen LogP contribution in [0.5, 0.6) is 0 Å². The topological polar surface area (TPSA) is 107 Å². The third kappa shape index (κ3) is 8.47. The Hall–Kier alpha value is -0.690. The molecule has 0 radical (unpaired) electrons. The summed E-state index contributed by atoms with van der Waals surface area (Å²) in [5.41, 5.74) is 0. The molecule has 0 heterocycles. The second-order valence-electron chi connectivity index (χ2n) is 4.97. The molecule has 0 unspecified atom stereocenters. The summed E-state index contributed by atoms with van der Waals surface area (Å²) in [6, 6.07) is 0. The molecule has 120 valence electrons. The van der Waals surface area contributed by atoms with Gasteiger partial charge >= 0.3 is 5.97 Å². The van der Waals surface area contributed by atoms with Gasteiger partial charge in [0.15, 0.2) is 6.10 Å². The first-order valence-corrected chi connectivity index (χ1v) is 7.34. The van der Waals surface area contributed by atoms with Crippen LogP contribution in [0.15, 0.2) is 0 Å². The Bertz CT molecular complexity index is 246. The van der Waals surface area contributed by atoms with Crippen LogP contribution in [-0.2, 0) is 9.53 Å². The van der Waals surface area contributed by atoms with Crippen molar-refractivity contribution in [1.82, 2.24) is 0 Å². The summed E-state index contributed by atoms with van der Waals surface area (Å²) < 4.78 is 4.90. The summed E-state index contributed by atoms with van der Waals surface area (Å²) in [7, 11) is 0. The maximum Gasteiger partial charge on any atom is 0.306 e. The zero-order valence-electron chi connectivity index (χ0n) is 12.2. The van der Waals surface area contributed by atoms with E-state index in [1.165, 1.54) is 12.8 Å². The lowest BCUT2D eigenvalue weighted by atomic mass is 10.1. The predicted octanol–water partition coefficient (Wildman–Crippen LogP) is 0.355. The van der Waals surface area contributed by atoms with Crippen LogP contribution in [0.4, 0.5) is 0 Å². The van der Waals surface area contributed by atoms with E-state index in [2.05, 4.69) is 6.92 Å². The van der Waals surface area contributed by atoms with Crippen LogP contribution >= 0.6 is 0 Å². The molecule has 6 nitrogen and oxygen atoms in total. The number of hydrogen-bond acceptors (Lipinski definition) is 6. The zero-order chi connectivity index (χ0) is 15.4. The summed E-state index contributed by atoms with van der Waals surface area (Å²) in [6.07, 6.45) is 2.36. The normalized spacial score (nSPS) is 15.7. The minimum atomic E-state index is -1.49. The number of carbonyl (C=O) groups is 1. The Morgan fingerprint density at radius 2 is 1.60 bits per heavy atom. The SMILES string of the molecule is CCCCCCCCC(=O)O[C@H](CO)[C@H](O)[C@@H](O)CO. The van der Waals surface area contributed by atoms with Gasteiger partial charge in [0.05, 0.1) is 13.2 Å². The lowest BCUT2D eigenvalue weighted by Gasteiger charge is -2.24. The molecule has 0 aliphatic carbocycles. The average molecular weight is 292 g/mol. The molecule has 20 heavy (non-hydrogen) atoms. The van der Waals surface area contributed by atoms with Crippen LogP contribution in [-0.4, -0.2) is 57.9 Å². The molecule has 3 atom stereocenters. The monoisotopic (exact) mass is 292 g/mol. The fraction of sp³-hybridized carbons (Fsp3) is 0.929. The van der Waals surface area contributed by atoms with Crippen molar-refractivity contribution in [2.75, 3.05) is 13.2 Å². The molecule has 0 rings (SSSR count). The smallest absolute Gasteiger partial charge is 0.306 e. The van der Waals surface area contributed by atoms with Crippen molar-refractivity contribution in [3.63, 3.8) is 0 Å². The number of ether oxygens (including phenoxy) is 1. The quantitative estimate of drug-likeness (QED) is 0.305. The maximum absolute atomic E-state index is 11.5. The van der Waals surface area contributed by atoms with E-state index in [4.69, 9.17) is 14.9 Å². The van der Waals surface area contributed by atoms with Gasteiger partial charge in [0.2, 0.25) is 0 Å². The highest BCUT2D eigenvalue weighted by atomic mass is 16.6. The van der Waals surface area contributed by atoms with Crippen molar-refractivity contribution in [3.8, 4) is 0 Å². The van der Waals surface area contributed by atoms with Gasteiger partial charge in [-0.1, -0.05) is 39.0 Å². The first-order chi connectivity index (χ1) is 9.56. The van der Waals surface area contributed by atoms with E-state index >= 15 is 0 Å². The first kappa shape index (κ1) is 19.3. The minimum Gasteiger partial charge on any atom is -0.457 e. The van der Waals surface area contributed by atoms with Gasteiger partial charge in [0.1, 0.15) is 12.2 Å². The molecule has 0 aromatic heterocycles. The molecule has 0 aromatic carbocycles. The van der Waals surface area contributed by atoms with Crippen LogP contribution in [0.2, 0.25) is 0 Å². The fourth-order valence-corrected chi connectivity index (χ4v) is 1.85. The Kier molecular flexibility index (Phi) is 11.7. The molecule has 6 heteroatoms. The summed E-state index contributed by atoms with van der Waals surface area (Å²) >= 11 is 0. The number of unbranched alkanes of at least 4 members (excludes halogenated alkanes) is 5. The van der Waals surface area contributed by atoms with E-state index in [0.717, 1.165) is 19.3 Å². The zero-order valence-corrected chi connectivity index (χ0v) is 12.2. The third-order valence-electron chi connectivity index (χ3n) is 3.16. The van der Waals surface area contributed by atoms with E-state index in [9.17, 15) is 15.0 Å². The van der Waals surface area contributed by atoms with E-state index in [1.54, 1.807) is 0 Å². The van der Waals surface area contributed by atoms with Gasteiger partial charge in [0, 0.05) is 6.42 Å². The second kappa shape index (κ2) is 12.1. The molecule has 0 saturated heterocycles. The van der Waals surface area contributed by atoms with Crippen molar-refractivity contribution < 1.29 is 30.0 Å². The average Bonchev–Trinajstić information content (AvgIpc) is 2.46. The van der Waals surface area contributed by atoms with Crippen LogP contribution in [0.25, 0.3) is 0 Å². The second-order valence-corrected chi connectivity index (χ2v) is 4.97. The highest BCUT2D eigenvalue weighted by molar-refractivity contribution is 5.69. The van der Waals surface area contributed by atoms with Crippen molar-refractivity contribution in [3.05, 3.63) is 0 Å². The molecular formula is C14H28O6. The molecular weight excluding hydrogens is 264 g/mol. The van der Waals surface area contributed by atoms with Gasteiger partial charge in [-0.3, -0.25) is 4.79 Å². The van der Waals surface area contributed by atoms with E-state index in [-0.39, 0.29) is 6.42 Å². The molecule has 0 spiro atoms. The number of rotatable bonds is 12. The molecule has 0 fully saturated rings. The molecule has 0 bridgehead atoms. The molecule has 0 aliphatic rings. The van der Waals surface area contributed by atoms with E-state index in [1.807, 2.05) is 0 Å². The van der Waals surface area contributed by atoms with Crippen LogP contribution < -0.4 is 0 Å². The molecule has 0 saturated carbocycles. The number of aliphatic hydroxyl groups excluding tert-OH is 4. The molecule has 0 aromatic rings. The Morgan fingerprint density at radius 1 is 1.00 bits per heavy atom. The maximum atomic E-state index is 11.5. The Morgan fingerprint density at radius 3 is 2.15 bits per heavy atom. The summed E-state index contributed by atoms with van der Waals surface area (Å²) in [6.45, 7) is 0.881. The van der Waals surface area contributed by atoms with Gasteiger partial charge < -0.3 is 25.2 Å². The first-order valence-electron chi connectivity index (χ1n) is 7.34.